The highest BCUT2D eigenvalue weighted by Gasteiger charge is 2.34. The fourth-order valence-electron chi connectivity index (χ4n) is 3.99. The van der Waals surface area contributed by atoms with Gasteiger partial charge in [0.25, 0.3) is 5.91 Å². The largest absolute Gasteiger partial charge is 0.378 e. The van der Waals surface area contributed by atoms with Gasteiger partial charge in [0.05, 0.1) is 6.04 Å². The molecule has 5 nitrogen and oxygen atoms in total. The highest BCUT2D eigenvalue weighted by molar-refractivity contribution is 5.87. The van der Waals surface area contributed by atoms with Crippen molar-refractivity contribution in [1.29, 1.82) is 0 Å². The van der Waals surface area contributed by atoms with E-state index in [1.165, 1.54) is 0 Å². The van der Waals surface area contributed by atoms with Crippen molar-refractivity contribution in [2.45, 2.75) is 51.2 Å². The lowest BCUT2D eigenvalue weighted by Crippen LogP contribution is -2.42. The van der Waals surface area contributed by atoms with Gasteiger partial charge >= 0.3 is 0 Å². The van der Waals surface area contributed by atoms with Crippen LogP contribution >= 0.6 is 0 Å². The van der Waals surface area contributed by atoms with E-state index < -0.39 is 12.0 Å². The average Bonchev–Trinajstić information content (AvgIpc) is 3.12. The molecule has 0 aliphatic carbocycles. The van der Waals surface area contributed by atoms with Gasteiger partial charge in [0.2, 0.25) is 5.91 Å². The topological polar surface area (TPSA) is 69.6 Å². The van der Waals surface area contributed by atoms with Crippen LogP contribution in [0.3, 0.4) is 0 Å². The van der Waals surface area contributed by atoms with Crippen molar-refractivity contribution >= 4 is 22.6 Å². The maximum Gasteiger partial charge on any atom is 0.253 e. The maximum absolute atomic E-state index is 12.6. The van der Waals surface area contributed by atoms with E-state index in [4.69, 9.17) is 6.42 Å². The molecule has 1 saturated heterocycles. The van der Waals surface area contributed by atoms with E-state index in [0.29, 0.717) is 25.1 Å². The van der Waals surface area contributed by atoms with Gasteiger partial charge < -0.3 is 15.3 Å². The molecule has 5 heteroatoms. The van der Waals surface area contributed by atoms with Gasteiger partial charge in [-0.25, -0.2) is 0 Å². The van der Waals surface area contributed by atoms with E-state index >= 15 is 0 Å². The van der Waals surface area contributed by atoms with Crippen molar-refractivity contribution in [3.05, 3.63) is 48.0 Å². The van der Waals surface area contributed by atoms with E-state index in [-0.39, 0.29) is 17.9 Å². The first-order chi connectivity index (χ1) is 14.5. The van der Waals surface area contributed by atoms with Gasteiger partial charge in [-0.1, -0.05) is 49.7 Å². The molecule has 2 N–H and O–H groups in total. The predicted molar refractivity (Wildman–Crippen MR) is 119 cm³/mol. The minimum absolute atomic E-state index is 0.120. The Morgan fingerprint density at radius 2 is 1.93 bits per heavy atom. The number of hydrogen-bond acceptors (Lipinski definition) is 3. The first kappa shape index (κ1) is 21.9. The number of carbonyl (C=O) groups is 2. The van der Waals surface area contributed by atoms with E-state index in [1.54, 1.807) is 6.07 Å². The molecule has 2 amide bonds. The second-order valence-corrected chi connectivity index (χ2v) is 8.16. The summed E-state index contributed by atoms with van der Waals surface area (Å²) in [6, 6.07) is 13.2. The molecule has 3 atom stereocenters. The zero-order valence-corrected chi connectivity index (χ0v) is 17.5. The van der Waals surface area contributed by atoms with Crippen molar-refractivity contribution < 1.29 is 14.7 Å². The lowest BCUT2D eigenvalue weighted by molar-refractivity contribution is -0.132. The molecule has 0 unspecified atom stereocenters. The molecule has 0 radical (unpaired) electrons. The second kappa shape index (κ2) is 10.3. The number of aliphatic hydroxyl groups is 1. The average molecular weight is 407 g/mol. The molecule has 1 fully saturated rings. The quantitative estimate of drug-likeness (QED) is 0.521. The fourth-order valence-corrected chi connectivity index (χ4v) is 3.99. The first-order valence-corrected chi connectivity index (χ1v) is 10.7. The van der Waals surface area contributed by atoms with Crippen molar-refractivity contribution in [2.75, 3.05) is 13.1 Å². The molecule has 1 aliphatic heterocycles. The number of nitrogens with zero attached hydrogens (tertiary/aromatic N) is 1. The molecule has 30 heavy (non-hydrogen) atoms. The Balaban J connectivity index is 1.53. The summed E-state index contributed by atoms with van der Waals surface area (Å²) in [4.78, 5) is 26.9. The number of unbranched alkanes of at least 4 members (excludes halogenated alkanes) is 3. The molecule has 0 bridgehead atoms. The number of benzene rings is 2. The van der Waals surface area contributed by atoms with Crippen LogP contribution in [0.5, 0.6) is 0 Å². The summed E-state index contributed by atoms with van der Waals surface area (Å²) < 4.78 is 0. The SMILES string of the molecule is C#CCCCCCC(=O)N1C[C@@H](C)[C@H](NC(=O)[C@@H](O)c2ccc3ccccc3c2)C1. The van der Waals surface area contributed by atoms with Crippen LogP contribution in [0.4, 0.5) is 0 Å². The summed E-state index contributed by atoms with van der Waals surface area (Å²) in [5.74, 6) is 2.45. The van der Waals surface area contributed by atoms with Crippen LogP contribution in [-0.4, -0.2) is 41.0 Å². The summed E-state index contributed by atoms with van der Waals surface area (Å²) in [6.07, 6.45) is 8.02. The Bertz CT molecular complexity index is 933. The number of hydrogen-bond donors (Lipinski definition) is 2. The maximum atomic E-state index is 12.6. The first-order valence-electron chi connectivity index (χ1n) is 10.7. The van der Waals surface area contributed by atoms with Crippen LogP contribution in [0, 0.1) is 18.3 Å². The number of carbonyl (C=O) groups excluding carboxylic acids is 2. The molecule has 3 rings (SSSR count). The van der Waals surface area contributed by atoms with Crippen molar-refractivity contribution in [3.8, 4) is 12.3 Å². The number of rotatable bonds is 8. The molecule has 0 aromatic heterocycles. The Labute approximate surface area is 178 Å². The summed E-state index contributed by atoms with van der Waals surface area (Å²) in [5, 5.41) is 15.5. The van der Waals surface area contributed by atoms with Crippen molar-refractivity contribution in [2.24, 2.45) is 5.92 Å². The number of terminal acetylenes is 1. The van der Waals surface area contributed by atoms with Gasteiger partial charge in [0.15, 0.2) is 6.10 Å². The number of aliphatic hydroxyl groups excluding tert-OH is 1. The van der Waals surface area contributed by atoms with E-state index in [1.807, 2.05) is 48.2 Å². The van der Waals surface area contributed by atoms with Crippen LogP contribution in [0.15, 0.2) is 42.5 Å². The second-order valence-electron chi connectivity index (χ2n) is 8.16. The molecular weight excluding hydrogens is 376 g/mol. The normalized spacial score (nSPS) is 19.4. The zero-order valence-electron chi connectivity index (χ0n) is 17.5. The van der Waals surface area contributed by atoms with E-state index in [9.17, 15) is 14.7 Å². The summed E-state index contributed by atoms with van der Waals surface area (Å²) in [5.41, 5.74) is 0.566. The van der Waals surface area contributed by atoms with Gasteiger partial charge in [-0.2, -0.15) is 0 Å². The summed E-state index contributed by atoms with van der Waals surface area (Å²) >= 11 is 0. The standard InChI is InChI=1S/C25H30N2O3/c1-3-4-5-6-7-12-23(28)27-16-18(2)22(17-27)26-25(30)24(29)21-14-13-19-10-8-9-11-20(19)15-21/h1,8-11,13-15,18,22,24,29H,4-7,12,16-17H2,2H3,(H,26,30)/t18-,22-,24+/m1/s1. The monoisotopic (exact) mass is 406 g/mol. The van der Waals surface area contributed by atoms with Gasteiger partial charge in [-0.3, -0.25) is 9.59 Å². The highest BCUT2D eigenvalue weighted by Crippen LogP contribution is 2.23. The summed E-state index contributed by atoms with van der Waals surface area (Å²) in [7, 11) is 0. The van der Waals surface area contributed by atoms with Crippen LogP contribution < -0.4 is 5.32 Å². The Hall–Kier alpha value is -2.84. The number of nitrogens with one attached hydrogen (secondary N) is 1. The van der Waals surface area contributed by atoms with Gasteiger partial charge in [0.1, 0.15) is 0 Å². The Morgan fingerprint density at radius 1 is 1.17 bits per heavy atom. The van der Waals surface area contributed by atoms with E-state index in [2.05, 4.69) is 11.2 Å². The number of likely N-dealkylation sites (tertiary alicyclic amines) is 1. The Morgan fingerprint density at radius 3 is 2.70 bits per heavy atom. The minimum atomic E-state index is -1.23. The third-order valence-electron chi connectivity index (χ3n) is 5.84. The smallest absolute Gasteiger partial charge is 0.253 e. The highest BCUT2D eigenvalue weighted by atomic mass is 16.3. The lowest BCUT2D eigenvalue weighted by Gasteiger charge is -2.20. The predicted octanol–water partition coefficient (Wildman–Crippen LogP) is 3.42. The zero-order chi connectivity index (χ0) is 21.5. The lowest BCUT2D eigenvalue weighted by atomic mass is 10.0. The Kier molecular flexibility index (Phi) is 7.48. The molecule has 0 spiro atoms. The minimum Gasteiger partial charge on any atom is -0.378 e. The van der Waals surface area contributed by atoms with E-state index in [0.717, 1.165) is 36.5 Å². The van der Waals surface area contributed by atoms with Crippen LogP contribution in [0.25, 0.3) is 10.8 Å². The van der Waals surface area contributed by atoms with Gasteiger partial charge in [-0.15, -0.1) is 12.3 Å². The molecule has 1 heterocycles. The van der Waals surface area contributed by atoms with Crippen molar-refractivity contribution in [1.82, 2.24) is 10.2 Å². The molecule has 0 saturated carbocycles. The van der Waals surface area contributed by atoms with Crippen molar-refractivity contribution in [3.63, 3.8) is 0 Å². The molecule has 2 aromatic carbocycles. The fraction of sp³-hybridized carbons (Fsp3) is 0.440. The van der Waals surface area contributed by atoms with Gasteiger partial charge in [0, 0.05) is 25.9 Å². The van der Waals surface area contributed by atoms with Gasteiger partial charge in [-0.05, 0) is 41.2 Å². The molecular formula is C25H30N2O3. The third-order valence-corrected chi connectivity index (χ3v) is 5.84. The number of amides is 2. The molecule has 1 aliphatic rings. The summed E-state index contributed by atoms with van der Waals surface area (Å²) in [6.45, 7) is 3.13. The molecule has 158 valence electrons. The van der Waals surface area contributed by atoms with Crippen LogP contribution in [0.2, 0.25) is 0 Å². The number of fused-ring (bicyclic) bond motifs is 1. The van der Waals surface area contributed by atoms with Crippen LogP contribution in [0.1, 0.15) is 50.7 Å². The third kappa shape index (κ3) is 5.40. The molecule has 2 aromatic rings. The van der Waals surface area contributed by atoms with Crippen LogP contribution in [-0.2, 0) is 9.59 Å².